The molecule has 0 bridgehead atoms. The molecular formula is C20H17N3O3. The number of nitrogens with zero attached hydrogens (tertiary/aromatic N) is 3. The van der Waals surface area contributed by atoms with Gasteiger partial charge in [0.2, 0.25) is 0 Å². The van der Waals surface area contributed by atoms with Gasteiger partial charge in [-0.15, -0.1) is 0 Å². The Labute approximate surface area is 150 Å². The van der Waals surface area contributed by atoms with Gasteiger partial charge in [0.25, 0.3) is 5.91 Å². The number of rotatable bonds is 3. The second-order valence-electron chi connectivity index (χ2n) is 6.05. The van der Waals surface area contributed by atoms with Crippen LogP contribution in [-0.2, 0) is 11.2 Å². The number of aromatic nitrogens is 2. The summed E-state index contributed by atoms with van der Waals surface area (Å²) in [6, 6.07) is 14.9. The van der Waals surface area contributed by atoms with E-state index < -0.39 is 0 Å². The number of esters is 1. The summed E-state index contributed by atoms with van der Waals surface area (Å²) in [5.74, 6) is -0.474. The van der Waals surface area contributed by atoms with Crippen LogP contribution in [-0.4, -0.2) is 35.3 Å². The lowest BCUT2D eigenvalue weighted by molar-refractivity contribution is 0.0600. The summed E-state index contributed by atoms with van der Waals surface area (Å²) in [6.07, 6.45) is 4.02. The molecule has 0 aliphatic carbocycles. The first-order chi connectivity index (χ1) is 12.7. The lowest BCUT2D eigenvalue weighted by Gasteiger charge is -2.16. The highest BCUT2D eigenvalue weighted by Crippen LogP contribution is 2.30. The molecule has 1 aliphatic rings. The van der Waals surface area contributed by atoms with Gasteiger partial charge in [-0.2, -0.15) is 5.10 Å². The number of carbonyl (C=O) groups is 2. The van der Waals surface area contributed by atoms with E-state index in [2.05, 4.69) is 5.10 Å². The summed E-state index contributed by atoms with van der Waals surface area (Å²) in [5.41, 5.74) is 3.72. The quantitative estimate of drug-likeness (QED) is 0.684. The van der Waals surface area contributed by atoms with E-state index in [1.165, 1.54) is 7.11 Å². The van der Waals surface area contributed by atoms with Crippen molar-refractivity contribution in [3.63, 3.8) is 0 Å². The monoisotopic (exact) mass is 347 g/mol. The summed E-state index contributed by atoms with van der Waals surface area (Å²) >= 11 is 0. The van der Waals surface area contributed by atoms with E-state index in [9.17, 15) is 9.59 Å². The van der Waals surface area contributed by atoms with Crippen LogP contribution in [0.4, 0.5) is 5.69 Å². The molecule has 0 atom stereocenters. The smallest absolute Gasteiger partial charge is 0.337 e. The second kappa shape index (κ2) is 6.48. The molecular weight excluding hydrogens is 330 g/mol. The van der Waals surface area contributed by atoms with E-state index in [1.54, 1.807) is 40.2 Å². The summed E-state index contributed by atoms with van der Waals surface area (Å²) < 4.78 is 6.44. The molecule has 0 spiro atoms. The molecule has 26 heavy (non-hydrogen) atoms. The van der Waals surface area contributed by atoms with Crippen molar-refractivity contribution in [3.05, 3.63) is 77.6 Å². The van der Waals surface area contributed by atoms with E-state index in [1.807, 2.05) is 30.3 Å². The van der Waals surface area contributed by atoms with E-state index in [0.717, 1.165) is 16.9 Å². The number of fused-ring (bicyclic) bond motifs is 1. The van der Waals surface area contributed by atoms with Gasteiger partial charge >= 0.3 is 5.97 Å². The van der Waals surface area contributed by atoms with Crippen LogP contribution >= 0.6 is 0 Å². The van der Waals surface area contributed by atoms with Gasteiger partial charge < -0.3 is 9.64 Å². The molecule has 3 aromatic rings. The number of amides is 1. The Hall–Kier alpha value is -3.41. The Bertz CT molecular complexity index is 979. The molecule has 2 aromatic carbocycles. The number of hydrogen-bond acceptors (Lipinski definition) is 4. The van der Waals surface area contributed by atoms with Gasteiger partial charge in [-0.3, -0.25) is 4.79 Å². The molecule has 130 valence electrons. The third-order valence-electron chi connectivity index (χ3n) is 4.49. The largest absolute Gasteiger partial charge is 0.465 e. The first-order valence-electron chi connectivity index (χ1n) is 8.30. The zero-order chi connectivity index (χ0) is 18.1. The molecule has 6 nitrogen and oxygen atoms in total. The van der Waals surface area contributed by atoms with Crippen molar-refractivity contribution in [1.82, 2.24) is 9.78 Å². The van der Waals surface area contributed by atoms with Crippen LogP contribution in [0.3, 0.4) is 0 Å². The lowest BCUT2D eigenvalue weighted by Crippen LogP contribution is -2.28. The van der Waals surface area contributed by atoms with Crippen molar-refractivity contribution in [2.24, 2.45) is 0 Å². The van der Waals surface area contributed by atoms with Gasteiger partial charge in [0, 0.05) is 18.4 Å². The van der Waals surface area contributed by atoms with Crippen molar-refractivity contribution < 1.29 is 14.3 Å². The van der Waals surface area contributed by atoms with Crippen molar-refractivity contribution >= 4 is 17.6 Å². The summed E-state index contributed by atoms with van der Waals surface area (Å²) in [7, 11) is 1.36. The van der Waals surface area contributed by atoms with Crippen molar-refractivity contribution in [3.8, 4) is 5.69 Å². The van der Waals surface area contributed by atoms with Crippen molar-refractivity contribution in [2.45, 2.75) is 6.42 Å². The van der Waals surface area contributed by atoms with Crippen LogP contribution in [0.5, 0.6) is 0 Å². The predicted molar refractivity (Wildman–Crippen MR) is 96.7 cm³/mol. The number of carbonyl (C=O) groups excluding carboxylic acids is 2. The Morgan fingerprint density at radius 1 is 1.08 bits per heavy atom. The normalized spacial score (nSPS) is 12.7. The van der Waals surface area contributed by atoms with Crippen molar-refractivity contribution in [2.75, 3.05) is 18.6 Å². The summed E-state index contributed by atoms with van der Waals surface area (Å²) in [4.78, 5) is 26.3. The molecule has 1 aliphatic heterocycles. The zero-order valence-corrected chi connectivity index (χ0v) is 14.3. The number of para-hydroxylation sites is 1. The second-order valence-corrected chi connectivity index (χ2v) is 6.05. The minimum absolute atomic E-state index is 0.100. The topological polar surface area (TPSA) is 64.4 Å². The maximum Gasteiger partial charge on any atom is 0.337 e. The molecule has 0 saturated carbocycles. The van der Waals surface area contributed by atoms with Gasteiger partial charge in [-0.05, 0) is 42.3 Å². The average Bonchev–Trinajstić information content (AvgIpc) is 3.34. The van der Waals surface area contributed by atoms with Gasteiger partial charge in [0.1, 0.15) is 0 Å². The fourth-order valence-electron chi connectivity index (χ4n) is 3.17. The molecule has 0 fully saturated rings. The van der Waals surface area contributed by atoms with Crippen LogP contribution in [0.1, 0.15) is 26.3 Å². The molecule has 0 unspecified atom stereocenters. The number of hydrogen-bond donors (Lipinski definition) is 0. The van der Waals surface area contributed by atoms with E-state index >= 15 is 0 Å². The minimum atomic E-state index is -0.373. The fourth-order valence-corrected chi connectivity index (χ4v) is 3.17. The molecule has 1 aromatic heterocycles. The predicted octanol–water partition coefficient (Wildman–Crippen LogP) is 2.86. The lowest BCUT2D eigenvalue weighted by atomic mass is 10.1. The van der Waals surface area contributed by atoms with Gasteiger partial charge in [0.05, 0.1) is 30.1 Å². The van der Waals surface area contributed by atoms with Crippen LogP contribution in [0.15, 0.2) is 60.9 Å². The minimum Gasteiger partial charge on any atom is -0.465 e. The number of anilines is 1. The molecule has 2 heterocycles. The molecule has 0 N–H and O–H groups in total. The highest BCUT2D eigenvalue weighted by molar-refractivity contribution is 6.07. The van der Waals surface area contributed by atoms with Gasteiger partial charge in [-0.1, -0.05) is 18.2 Å². The third kappa shape index (κ3) is 2.75. The van der Waals surface area contributed by atoms with Gasteiger partial charge in [0.15, 0.2) is 0 Å². The molecule has 1 amide bonds. The summed E-state index contributed by atoms with van der Waals surface area (Å²) in [6.45, 7) is 0.579. The number of ether oxygens (including phenoxy) is 1. The highest BCUT2D eigenvalue weighted by Gasteiger charge is 2.27. The standard InChI is InChI=1S/C20H17N3O3/c1-26-20(25)15-7-8-18-14(11-15)9-10-22(18)19(24)16-12-21-23(13-16)17-5-3-2-4-6-17/h2-8,11-13H,9-10H2,1H3. The van der Waals surface area contributed by atoms with E-state index in [4.69, 9.17) is 4.74 Å². The molecule has 0 radical (unpaired) electrons. The Kier molecular flexibility index (Phi) is 4.01. The average molecular weight is 347 g/mol. The van der Waals surface area contributed by atoms with E-state index in [0.29, 0.717) is 24.1 Å². The number of benzene rings is 2. The van der Waals surface area contributed by atoms with Crippen LogP contribution in [0, 0.1) is 0 Å². The fraction of sp³-hybridized carbons (Fsp3) is 0.150. The third-order valence-corrected chi connectivity index (χ3v) is 4.49. The van der Waals surface area contributed by atoms with Gasteiger partial charge in [-0.25, -0.2) is 9.48 Å². The van der Waals surface area contributed by atoms with Crippen LogP contribution < -0.4 is 4.90 Å². The highest BCUT2D eigenvalue weighted by atomic mass is 16.5. The van der Waals surface area contributed by atoms with Crippen molar-refractivity contribution in [1.29, 1.82) is 0 Å². The Balaban J connectivity index is 1.60. The SMILES string of the molecule is COC(=O)c1ccc2c(c1)CCN2C(=O)c1cnn(-c2ccccc2)c1. The number of methoxy groups -OCH3 is 1. The first kappa shape index (κ1) is 16.1. The van der Waals surface area contributed by atoms with Crippen LogP contribution in [0.25, 0.3) is 5.69 Å². The maximum atomic E-state index is 12.9. The maximum absolute atomic E-state index is 12.9. The first-order valence-corrected chi connectivity index (χ1v) is 8.30. The molecule has 0 saturated heterocycles. The van der Waals surface area contributed by atoms with E-state index in [-0.39, 0.29) is 11.9 Å². The Morgan fingerprint density at radius 2 is 1.88 bits per heavy atom. The molecule has 6 heteroatoms. The zero-order valence-electron chi connectivity index (χ0n) is 14.3. The Morgan fingerprint density at radius 3 is 2.65 bits per heavy atom. The molecule has 4 rings (SSSR count). The van der Waals surface area contributed by atoms with Crippen LogP contribution in [0.2, 0.25) is 0 Å². The summed E-state index contributed by atoms with van der Waals surface area (Å²) in [5, 5.41) is 4.29.